The van der Waals surface area contributed by atoms with Gasteiger partial charge in [-0.1, -0.05) is 19.1 Å². The number of aliphatic hydroxyl groups excluding tert-OH is 1. The number of rotatable bonds is 6. The maximum Gasteiger partial charge on any atom is 0.315 e. The molecule has 1 saturated heterocycles. The zero-order chi connectivity index (χ0) is 17.9. The summed E-state index contributed by atoms with van der Waals surface area (Å²) in [5.41, 5.74) is 1.85. The lowest BCUT2D eigenvalue weighted by atomic mass is 9.97. The molecule has 1 aromatic rings. The van der Waals surface area contributed by atoms with E-state index in [9.17, 15) is 9.90 Å². The quantitative estimate of drug-likeness (QED) is 0.743. The molecule has 138 valence electrons. The van der Waals surface area contributed by atoms with Gasteiger partial charge < -0.3 is 20.6 Å². The van der Waals surface area contributed by atoms with E-state index in [0.29, 0.717) is 12.5 Å². The second kappa shape index (κ2) is 7.65. The van der Waals surface area contributed by atoms with Gasteiger partial charge >= 0.3 is 6.03 Å². The van der Waals surface area contributed by atoms with Crippen molar-refractivity contribution in [3.8, 4) is 0 Å². The third-order valence-corrected chi connectivity index (χ3v) is 5.74. The number of nitrogens with zero attached hydrogens (tertiary/aromatic N) is 1. The summed E-state index contributed by atoms with van der Waals surface area (Å²) in [5, 5.41) is 15.4. The standard InChI is InChI=1S/C20H31N3O2/c1-15-9-11-23(12-10-15)18-7-3-16(4-8-18)13-21-19(25)22-20(2,14-24)17-5-6-17/h3-4,7-8,15,17,24H,5-6,9-14H2,1-2H3,(H2,21,22,25). The number of urea groups is 1. The largest absolute Gasteiger partial charge is 0.394 e. The zero-order valence-corrected chi connectivity index (χ0v) is 15.4. The summed E-state index contributed by atoms with van der Waals surface area (Å²) in [5.74, 6) is 1.23. The molecule has 5 nitrogen and oxygen atoms in total. The summed E-state index contributed by atoms with van der Waals surface area (Å²) in [6.45, 7) is 6.97. The molecule has 1 heterocycles. The fraction of sp³-hybridized carbons (Fsp3) is 0.650. The molecular weight excluding hydrogens is 314 g/mol. The summed E-state index contributed by atoms with van der Waals surface area (Å²) in [6.07, 6.45) is 4.67. The summed E-state index contributed by atoms with van der Waals surface area (Å²) < 4.78 is 0. The highest BCUT2D eigenvalue weighted by Crippen LogP contribution is 2.39. The fourth-order valence-electron chi connectivity index (χ4n) is 3.57. The normalized spacial score (nSPS) is 20.8. The molecule has 1 aliphatic carbocycles. The van der Waals surface area contributed by atoms with Crippen molar-refractivity contribution in [2.75, 3.05) is 24.6 Å². The van der Waals surface area contributed by atoms with Crippen molar-refractivity contribution in [3.63, 3.8) is 0 Å². The van der Waals surface area contributed by atoms with Crippen molar-refractivity contribution in [2.24, 2.45) is 11.8 Å². The molecular formula is C20H31N3O2. The fourth-order valence-corrected chi connectivity index (χ4v) is 3.57. The van der Waals surface area contributed by atoms with Crippen LogP contribution in [0.4, 0.5) is 10.5 Å². The monoisotopic (exact) mass is 345 g/mol. The van der Waals surface area contributed by atoms with Gasteiger partial charge in [0.15, 0.2) is 0 Å². The average Bonchev–Trinajstić information content (AvgIpc) is 3.47. The van der Waals surface area contributed by atoms with E-state index in [0.717, 1.165) is 37.4 Å². The first-order chi connectivity index (χ1) is 12.0. The van der Waals surface area contributed by atoms with E-state index in [1.54, 1.807) is 0 Å². The number of carbonyl (C=O) groups excluding carboxylic acids is 1. The predicted octanol–water partition coefficient (Wildman–Crippen LogP) is 2.88. The van der Waals surface area contributed by atoms with Gasteiger partial charge in [-0.25, -0.2) is 4.79 Å². The van der Waals surface area contributed by atoms with Gasteiger partial charge in [-0.15, -0.1) is 0 Å². The highest BCUT2D eigenvalue weighted by molar-refractivity contribution is 5.75. The molecule has 3 rings (SSSR count). The number of benzene rings is 1. The smallest absolute Gasteiger partial charge is 0.315 e. The molecule has 2 fully saturated rings. The molecule has 1 aliphatic heterocycles. The summed E-state index contributed by atoms with van der Waals surface area (Å²) in [6, 6.07) is 8.25. The Morgan fingerprint density at radius 1 is 1.20 bits per heavy atom. The molecule has 2 aliphatic rings. The second-order valence-corrected chi connectivity index (χ2v) is 7.99. The third-order valence-electron chi connectivity index (χ3n) is 5.74. The van der Waals surface area contributed by atoms with Gasteiger partial charge in [0, 0.05) is 25.3 Å². The van der Waals surface area contributed by atoms with Gasteiger partial charge in [0.2, 0.25) is 0 Å². The minimum Gasteiger partial charge on any atom is -0.394 e. The van der Waals surface area contributed by atoms with Crippen molar-refractivity contribution in [2.45, 2.75) is 51.6 Å². The van der Waals surface area contributed by atoms with Gasteiger partial charge in [0.05, 0.1) is 12.1 Å². The first-order valence-corrected chi connectivity index (χ1v) is 9.51. The van der Waals surface area contributed by atoms with E-state index in [2.05, 4.69) is 46.7 Å². The number of anilines is 1. The van der Waals surface area contributed by atoms with E-state index in [1.165, 1.54) is 18.5 Å². The molecule has 1 atom stereocenters. The van der Waals surface area contributed by atoms with Crippen molar-refractivity contribution in [3.05, 3.63) is 29.8 Å². The van der Waals surface area contributed by atoms with Gasteiger partial charge in [0.1, 0.15) is 0 Å². The lowest BCUT2D eigenvalue weighted by Crippen LogP contribution is -2.53. The van der Waals surface area contributed by atoms with E-state index in [1.807, 2.05) is 6.92 Å². The Kier molecular flexibility index (Phi) is 5.52. The molecule has 0 radical (unpaired) electrons. The molecule has 3 N–H and O–H groups in total. The Morgan fingerprint density at radius 3 is 2.40 bits per heavy atom. The molecule has 0 aromatic heterocycles. The first-order valence-electron chi connectivity index (χ1n) is 9.51. The Labute approximate surface area is 150 Å². The maximum atomic E-state index is 12.1. The molecule has 25 heavy (non-hydrogen) atoms. The SMILES string of the molecule is CC1CCN(c2ccc(CNC(=O)NC(C)(CO)C3CC3)cc2)CC1. The third kappa shape index (κ3) is 4.66. The molecule has 1 unspecified atom stereocenters. The summed E-state index contributed by atoms with van der Waals surface area (Å²) in [4.78, 5) is 14.6. The molecule has 5 heteroatoms. The Morgan fingerprint density at radius 2 is 1.84 bits per heavy atom. The Balaban J connectivity index is 1.47. The number of hydrogen-bond acceptors (Lipinski definition) is 3. The molecule has 1 aromatic carbocycles. The minimum atomic E-state index is -0.501. The van der Waals surface area contributed by atoms with Crippen LogP contribution in [0, 0.1) is 11.8 Å². The van der Waals surface area contributed by atoms with Gasteiger partial charge in [-0.3, -0.25) is 0 Å². The van der Waals surface area contributed by atoms with Crippen molar-refractivity contribution < 1.29 is 9.90 Å². The topological polar surface area (TPSA) is 64.6 Å². The Bertz CT molecular complexity index is 577. The van der Waals surface area contributed by atoms with Gasteiger partial charge in [0.25, 0.3) is 0 Å². The van der Waals surface area contributed by atoms with Crippen molar-refractivity contribution in [1.29, 1.82) is 0 Å². The average molecular weight is 345 g/mol. The number of aliphatic hydroxyl groups is 1. The number of hydrogen-bond donors (Lipinski definition) is 3. The number of carbonyl (C=O) groups is 1. The van der Waals surface area contributed by atoms with Crippen LogP contribution in [0.2, 0.25) is 0 Å². The molecule has 1 saturated carbocycles. The summed E-state index contributed by atoms with van der Waals surface area (Å²) in [7, 11) is 0. The van der Waals surface area contributed by atoms with Crippen LogP contribution in [0.3, 0.4) is 0 Å². The molecule has 0 bridgehead atoms. The maximum absolute atomic E-state index is 12.1. The van der Waals surface area contributed by atoms with Crippen LogP contribution in [0.5, 0.6) is 0 Å². The van der Waals surface area contributed by atoms with E-state index in [4.69, 9.17) is 0 Å². The van der Waals surface area contributed by atoms with Crippen LogP contribution in [-0.2, 0) is 6.54 Å². The van der Waals surface area contributed by atoms with Gasteiger partial charge in [-0.05, 0) is 62.1 Å². The highest BCUT2D eigenvalue weighted by Gasteiger charge is 2.42. The van der Waals surface area contributed by atoms with Gasteiger partial charge in [-0.2, -0.15) is 0 Å². The molecule has 0 spiro atoms. The number of piperidine rings is 1. The van der Waals surface area contributed by atoms with Crippen LogP contribution >= 0.6 is 0 Å². The number of amides is 2. The van der Waals surface area contributed by atoms with Crippen LogP contribution < -0.4 is 15.5 Å². The zero-order valence-electron chi connectivity index (χ0n) is 15.4. The minimum absolute atomic E-state index is 0.0196. The second-order valence-electron chi connectivity index (χ2n) is 7.99. The van der Waals surface area contributed by atoms with Crippen LogP contribution in [-0.4, -0.2) is 36.4 Å². The predicted molar refractivity (Wildman–Crippen MR) is 101 cm³/mol. The molecule has 2 amide bonds. The lowest BCUT2D eigenvalue weighted by Gasteiger charge is -2.32. The van der Waals surface area contributed by atoms with Crippen LogP contribution in [0.15, 0.2) is 24.3 Å². The van der Waals surface area contributed by atoms with E-state index in [-0.39, 0.29) is 12.6 Å². The van der Waals surface area contributed by atoms with Crippen LogP contribution in [0.25, 0.3) is 0 Å². The van der Waals surface area contributed by atoms with Crippen molar-refractivity contribution >= 4 is 11.7 Å². The van der Waals surface area contributed by atoms with E-state index < -0.39 is 5.54 Å². The van der Waals surface area contributed by atoms with Crippen molar-refractivity contribution in [1.82, 2.24) is 10.6 Å². The van der Waals surface area contributed by atoms with E-state index >= 15 is 0 Å². The first kappa shape index (κ1) is 18.1. The Hall–Kier alpha value is -1.75. The summed E-state index contributed by atoms with van der Waals surface area (Å²) >= 11 is 0. The van der Waals surface area contributed by atoms with Crippen LogP contribution in [0.1, 0.15) is 45.1 Å². The number of nitrogens with one attached hydrogen (secondary N) is 2. The lowest BCUT2D eigenvalue weighted by molar-refractivity contribution is 0.155. The highest BCUT2D eigenvalue weighted by atomic mass is 16.3.